The minimum atomic E-state index is -0.608. The first-order valence-electron chi connectivity index (χ1n) is 14.1. The van der Waals surface area contributed by atoms with Gasteiger partial charge < -0.3 is 29.2 Å². The number of hydrogen-bond donors (Lipinski definition) is 3. The number of hydrogen-bond acceptors (Lipinski definition) is 10. The lowest BCUT2D eigenvalue weighted by atomic mass is 10.0. The molecule has 12 heteroatoms. The van der Waals surface area contributed by atoms with Crippen LogP contribution in [0.1, 0.15) is 33.3 Å². The van der Waals surface area contributed by atoms with Crippen LogP contribution in [0, 0.1) is 0 Å². The number of aromatic nitrogens is 5. The average molecular weight is 599 g/mol. The Morgan fingerprint density at radius 3 is 2.43 bits per heavy atom. The van der Waals surface area contributed by atoms with Crippen molar-refractivity contribution in [2.75, 3.05) is 25.6 Å². The Morgan fingerprint density at radius 2 is 1.70 bits per heavy atom. The highest BCUT2D eigenvalue weighted by atomic mass is 16.6. The molecule has 5 rings (SSSR count). The van der Waals surface area contributed by atoms with Gasteiger partial charge in [-0.3, -0.25) is 9.59 Å². The number of carbonyl (C=O) groups excluding carboxylic acids is 1. The van der Waals surface area contributed by atoms with Gasteiger partial charge in [0.05, 0.1) is 25.0 Å². The van der Waals surface area contributed by atoms with E-state index in [-0.39, 0.29) is 17.7 Å². The van der Waals surface area contributed by atoms with Gasteiger partial charge in [-0.25, -0.2) is 10.1 Å². The molecule has 3 N–H and O–H groups in total. The normalized spacial score (nSPS) is 11.3. The van der Waals surface area contributed by atoms with Crippen LogP contribution >= 0.6 is 0 Å². The molecule has 0 unspecified atom stereocenters. The number of methoxy groups -OCH3 is 1. The molecule has 0 saturated heterocycles. The van der Waals surface area contributed by atoms with Crippen molar-refractivity contribution in [1.82, 2.24) is 25.4 Å². The number of rotatable bonds is 11. The van der Waals surface area contributed by atoms with Crippen molar-refractivity contribution >= 4 is 22.8 Å². The third kappa shape index (κ3) is 7.14. The number of esters is 1. The summed E-state index contributed by atoms with van der Waals surface area (Å²) >= 11 is 0. The summed E-state index contributed by atoms with van der Waals surface area (Å²) in [5, 5.41) is 13.3. The molecule has 0 amide bonds. The van der Waals surface area contributed by atoms with Crippen molar-refractivity contribution in [1.29, 1.82) is 0 Å². The van der Waals surface area contributed by atoms with E-state index in [0.717, 1.165) is 22.4 Å². The van der Waals surface area contributed by atoms with Gasteiger partial charge in [0.15, 0.2) is 11.2 Å². The summed E-state index contributed by atoms with van der Waals surface area (Å²) in [6.45, 7) is 8.01. The average Bonchev–Trinajstić information content (AvgIpc) is 3.48. The van der Waals surface area contributed by atoms with Gasteiger partial charge in [0.1, 0.15) is 41.8 Å². The quantitative estimate of drug-likeness (QED) is 0.175. The smallest absolute Gasteiger partial charge is 0.325 e. The van der Waals surface area contributed by atoms with Crippen LogP contribution in [0.25, 0.3) is 33.7 Å². The first kappa shape index (κ1) is 30.1. The van der Waals surface area contributed by atoms with Gasteiger partial charge in [-0.2, -0.15) is 0 Å². The van der Waals surface area contributed by atoms with E-state index in [1.807, 2.05) is 88.4 Å². The van der Waals surface area contributed by atoms with Crippen molar-refractivity contribution in [3.05, 3.63) is 76.6 Å². The minimum absolute atomic E-state index is 0.0489. The Balaban J connectivity index is 1.46. The molecule has 5 aromatic rings. The van der Waals surface area contributed by atoms with E-state index in [1.54, 1.807) is 7.11 Å². The van der Waals surface area contributed by atoms with E-state index < -0.39 is 17.1 Å². The van der Waals surface area contributed by atoms with Crippen molar-refractivity contribution in [3.63, 3.8) is 0 Å². The van der Waals surface area contributed by atoms with E-state index in [0.29, 0.717) is 41.8 Å². The van der Waals surface area contributed by atoms with Gasteiger partial charge in [0.2, 0.25) is 0 Å². The number of ether oxygens (including phenoxy) is 4. The third-order valence-corrected chi connectivity index (χ3v) is 6.45. The maximum atomic E-state index is 12.5. The lowest BCUT2D eigenvalue weighted by molar-refractivity contribution is -0.152. The molecule has 0 spiro atoms. The van der Waals surface area contributed by atoms with Gasteiger partial charge in [-0.15, -0.1) is 5.10 Å². The van der Waals surface area contributed by atoms with E-state index in [4.69, 9.17) is 18.9 Å². The Morgan fingerprint density at radius 1 is 0.955 bits per heavy atom. The zero-order valence-electron chi connectivity index (χ0n) is 25.2. The van der Waals surface area contributed by atoms with Crippen LogP contribution in [0.3, 0.4) is 0 Å². The Bertz CT molecular complexity index is 1820. The predicted molar refractivity (Wildman–Crippen MR) is 166 cm³/mol. The molecule has 0 fully saturated rings. The second kappa shape index (κ2) is 12.9. The van der Waals surface area contributed by atoms with Crippen LogP contribution in [0.2, 0.25) is 0 Å². The maximum absolute atomic E-state index is 12.5. The highest BCUT2D eigenvalue weighted by Gasteiger charge is 2.18. The number of carbonyl (C=O) groups is 1. The van der Waals surface area contributed by atoms with Gasteiger partial charge >= 0.3 is 5.97 Å². The molecule has 12 nitrogen and oxygen atoms in total. The maximum Gasteiger partial charge on any atom is 0.325 e. The van der Waals surface area contributed by atoms with Crippen LogP contribution in [0.5, 0.6) is 17.2 Å². The fourth-order valence-corrected chi connectivity index (χ4v) is 4.46. The molecule has 0 aliphatic heterocycles. The zero-order valence-corrected chi connectivity index (χ0v) is 25.2. The van der Waals surface area contributed by atoms with Crippen LogP contribution in [-0.2, 0) is 16.1 Å². The summed E-state index contributed by atoms with van der Waals surface area (Å²) in [6.07, 6.45) is 0. The van der Waals surface area contributed by atoms with Gasteiger partial charge in [-0.05, 0) is 80.8 Å². The fraction of sp³-hybridized carbons (Fsp3) is 0.281. The summed E-state index contributed by atoms with van der Waals surface area (Å²) in [5.41, 5.74) is 3.26. The molecule has 2 aromatic heterocycles. The lowest BCUT2D eigenvalue weighted by Crippen LogP contribution is -2.28. The van der Waals surface area contributed by atoms with Crippen LogP contribution in [0.4, 0.5) is 5.69 Å². The largest absolute Gasteiger partial charge is 0.497 e. The summed E-state index contributed by atoms with van der Waals surface area (Å²) in [6, 6.07) is 18.9. The van der Waals surface area contributed by atoms with Crippen molar-refractivity contribution in [2.45, 2.75) is 39.9 Å². The Labute approximate surface area is 253 Å². The topological polar surface area (TPSA) is 153 Å². The molecular weight excluding hydrogens is 564 g/mol. The van der Waals surface area contributed by atoms with Gasteiger partial charge in [-0.1, -0.05) is 29.5 Å². The molecule has 44 heavy (non-hydrogen) atoms. The van der Waals surface area contributed by atoms with Crippen LogP contribution in [0.15, 0.2) is 65.5 Å². The number of aromatic amines is 2. The van der Waals surface area contributed by atoms with E-state index in [2.05, 4.69) is 30.7 Å². The number of fused-ring (bicyclic) bond motifs is 1. The fourth-order valence-electron chi connectivity index (χ4n) is 4.46. The molecular formula is C32H34N6O6. The molecule has 0 saturated carbocycles. The van der Waals surface area contributed by atoms with Crippen molar-refractivity contribution < 1.29 is 23.7 Å². The SMILES string of the molecule is CCOc1cc(-c2ccc(OCc3ccc(OC)cc3)c(NCC(=O)OC(C)(C)C)c2)ccc1-c1nc2[nH]nnc2c(=O)[nH]1. The molecule has 3 aromatic carbocycles. The zero-order chi connectivity index (χ0) is 31.3. The van der Waals surface area contributed by atoms with Crippen molar-refractivity contribution in [2.24, 2.45) is 0 Å². The van der Waals surface area contributed by atoms with E-state index in [1.165, 1.54) is 0 Å². The van der Waals surface area contributed by atoms with Gasteiger partial charge in [0.25, 0.3) is 5.56 Å². The van der Waals surface area contributed by atoms with Crippen LogP contribution < -0.4 is 25.1 Å². The molecule has 228 valence electrons. The van der Waals surface area contributed by atoms with Crippen LogP contribution in [-0.4, -0.2) is 57.2 Å². The van der Waals surface area contributed by atoms with Crippen molar-refractivity contribution in [3.8, 4) is 39.8 Å². The van der Waals surface area contributed by atoms with E-state index in [9.17, 15) is 9.59 Å². The molecule has 0 bridgehead atoms. The second-order valence-electron chi connectivity index (χ2n) is 10.9. The highest BCUT2D eigenvalue weighted by molar-refractivity contribution is 5.80. The number of benzene rings is 3. The minimum Gasteiger partial charge on any atom is -0.497 e. The Hall–Kier alpha value is -5.39. The third-order valence-electron chi connectivity index (χ3n) is 6.45. The highest BCUT2D eigenvalue weighted by Crippen LogP contribution is 2.36. The standard InChI is InChI=1S/C32H34N6O6/c1-6-42-26-16-21(9-13-23(26)29-34-30-28(31(40)35-29)36-38-37-30)20-10-14-25(43-18-19-7-11-22(41-5)12-8-19)24(15-20)33-17-27(39)44-32(2,3)4/h7-16,33H,6,17-18H2,1-5H3,(H2,34,35,36,37,38,40). The summed E-state index contributed by atoms with van der Waals surface area (Å²) in [5.74, 6) is 1.79. The Kier molecular flexibility index (Phi) is 8.79. The second-order valence-corrected chi connectivity index (χ2v) is 10.9. The summed E-state index contributed by atoms with van der Waals surface area (Å²) in [4.78, 5) is 32.2. The molecule has 0 atom stereocenters. The molecule has 2 heterocycles. The van der Waals surface area contributed by atoms with E-state index >= 15 is 0 Å². The summed E-state index contributed by atoms with van der Waals surface area (Å²) < 4.78 is 22.8. The van der Waals surface area contributed by atoms with Gasteiger partial charge in [0, 0.05) is 0 Å². The first-order valence-corrected chi connectivity index (χ1v) is 14.1. The number of anilines is 1. The number of nitrogens with zero attached hydrogens (tertiary/aromatic N) is 3. The first-order chi connectivity index (χ1) is 21.1. The molecule has 0 radical (unpaired) electrons. The number of H-pyrrole nitrogens is 2. The summed E-state index contributed by atoms with van der Waals surface area (Å²) in [7, 11) is 1.62. The molecule has 0 aliphatic carbocycles. The lowest BCUT2D eigenvalue weighted by Gasteiger charge is -2.20. The molecule has 0 aliphatic rings. The monoisotopic (exact) mass is 598 g/mol. The number of nitrogens with one attached hydrogen (secondary N) is 3. The predicted octanol–water partition coefficient (Wildman–Crippen LogP) is 5.12.